The molecule has 0 radical (unpaired) electrons. The predicted molar refractivity (Wildman–Crippen MR) is 88.7 cm³/mol. The van der Waals surface area contributed by atoms with Crippen LogP contribution in [0.3, 0.4) is 0 Å². The van der Waals surface area contributed by atoms with E-state index in [2.05, 4.69) is 5.32 Å². The van der Waals surface area contributed by atoms with Gasteiger partial charge in [-0.15, -0.1) is 0 Å². The van der Waals surface area contributed by atoms with Gasteiger partial charge in [0.2, 0.25) is 11.8 Å². The summed E-state index contributed by atoms with van der Waals surface area (Å²) in [6.07, 6.45) is 4.41. The molecule has 124 valence electrons. The molecule has 1 saturated carbocycles. The van der Waals surface area contributed by atoms with Crippen molar-refractivity contribution in [2.24, 2.45) is 5.41 Å². The van der Waals surface area contributed by atoms with Gasteiger partial charge in [-0.3, -0.25) is 9.59 Å². The van der Waals surface area contributed by atoms with E-state index in [1.807, 2.05) is 4.90 Å². The fraction of sp³-hybridized carbons (Fsp3) is 0.529. The van der Waals surface area contributed by atoms with E-state index in [0.717, 1.165) is 32.4 Å². The third-order valence-corrected chi connectivity index (χ3v) is 4.88. The van der Waals surface area contributed by atoms with Crippen molar-refractivity contribution in [2.45, 2.75) is 32.1 Å². The second-order valence-corrected chi connectivity index (χ2v) is 6.67. The number of ether oxygens (including phenoxy) is 1. The predicted octanol–water partition coefficient (Wildman–Crippen LogP) is 3.08. The van der Waals surface area contributed by atoms with Crippen molar-refractivity contribution in [3.63, 3.8) is 0 Å². The molecule has 0 bridgehead atoms. The third-order valence-electron chi connectivity index (χ3n) is 4.65. The number of methoxy groups -OCH3 is 1. The normalized spacial score (nSPS) is 19.1. The standard InChI is InChI=1S/C17H21ClN2O3/c1-23-14-6-5-12(18)11-13(14)19-15(21)17(7-8-17)16(22)20-9-3-2-4-10-20/h5-6,11H,2-4,7-10H2,1H3,(H,19,21). The van der Waals surface area contributed by atoms with E-state index < -0.39 is 5.41 Å². The average molecular weight is 337 g/mol. The first kappa shape index (κ1) is 16.1. The molecule has 1 aromatic rings. The number of rotatable bonds is 4. The molecule has 1 heterocycles. The van der Waals surface area contributed by atoms with Crippen molar-refractivity contribution >= 4 is 29.1 Å². The molecule has 1 N–H and O–H groups in total. The first-order chi connectivity index (χ1) is 11.1. The van der Waals surface area contributed by atoms with Gasteiger partial charge in [-0.25, -0.2) is 0 Å². The molecule has 1 saturated heterocycles. The Bertz CT molecular complexity index is 622. The number of likely N-dealkylation sites (tertiary alicyclic amines) is 1. The number of nitrogens with one attached hydrogen (secondary N) is 1. The SMILES string of the molecule is COc1ccc(Cl)cc1NC(=O)C1(C(=O)N2CCCCC2)CC1. The third kappa shape index (κ3) is 3.15. The lowest BCUT2D eigenvalue weighted by molar-refractivity contribution is -0.143. The van der Waals surface area contributed by atoms with Crippen LogP contribution >= 0.6 is 11.6 Å². The van der Waals surface area contributed by atoms with Gasteiger partial charge in [0.25, 0.3) is 0 Å². The highest BCUT2D eigenvalue weighted by atomic mass is 35.5. The molecule has 23 heavy (non-hydrogen) atoms. The average Bonchev–Trinajstić information content (AvgIpc) is 3.37. The quantitative estimate of drug-likeness (QED) is 0.860. The van der Waals surface area contributed by atoms with Crippen LogP contribution in [0.25, 0.3) is 0 Å². The maximum Gasteiger partial charge on any atom is 0.240 e. The summed E-state index contributed by atoms with van der Waals surface area (Å²) in [5.74, 6) is 0.244. The van der Waals surface area contributed by atoms with E-state index in [-0.39, 0.29) is 11.8 Å². The largest absolute Gasteiger partial charge is 0.495 e. The zero-order valence-corrected chi connectivity index (χ0v) is 14.0. The first-order valence-electron chi connectivity index (χ1n) is 8.01. The van der Waals surface area contributed by atoms with Gasteiger partial charge in [-0.2, -0.15) is 0 Å². The second kappa shape index (κ2) is 6.40. The van der Waals surface area contributed by atoms with Crippen LogP contribution in [0.15, 0.2) is 18.2 Å². The van der Waals surface area contributed by atoms with Crippen LogP contribution in [-0.4, -0.2) is 36.9 Å². The molecule has 2 aliphatic rings. The van der Waals surface area contributed by atoms with Gasteiger partial charge < -0.3 is 15.0 Å². The Kier molecular flexibility index (Phi) is 4.48. The van der Waals surface area contributed by atoms with Crippen LogP contribution < -0.4 is 10.1 Å². The number of anilines is 1. The molecular weight excluding hydrogens is 316 g/mol. The zero-order chi connectivity index (χ0) is 16.4. The highest BCUT2D eigenvalue weighted by molar-refractivity contribution is 6.31. The van der Waals surface area contributed by atoms with Crippen LogP contribution in [0.2, 0.25) is 5.02 Å². The van der Waals surface area contributed by atoms with Gasteiger partial charge in [-0.05, 0) is 50.3 Å². The van der Waals surface area contributed by atoms with Crippen LogP contribution in [0.1, 0.15) is 32.1 Å². The van der Waals surface area contributed by atoms with E-state index in [1.54, 1.807) is 18.2 Å². The number of hydrogen-bond acceptors (Lipinski definition) is 3. The van der Waals surface area contributed by atoms with Crippen molar-refractivity contribution in [1.29, 1.82) is 0 Å². The Labute approximate surface area is 140 Å². The Balaban J connectivity index is 1.75. The van der Waals surface area contributed by atoms with Gasteiger partial charge >= 0.3 is 0 Å². The van der Waals surface area contributed by atoms with Crippen molar-refractivity contribution < 1.29 is 14.3 Å². The molecule has 0 atom stereocenters. The summed E-state index contributed by atoms with van der Waals surface area (Å²) in [6.45, 7) is 1.52. The molecule has 2 amide bonds. The van der Waals surface area contributed by atoms with Gasteiger partial charge in [0, 0.05) is 18.1 Å². The molecular formula is C17H21ClN2O3. The zero-order valence-electron chi connectivity index (χ0n) is 13.2. The Hall–Kier alpha value is -1.75. The molecule has 0 aromatic heterocycles. The van der Waals surface area contributed by atoms with Crippen LogP contribution in [0.4, 0.5) is 5.69 Å². The molecule has 1 aliphatic heterocycles. The highest BCUT2D eigenvalue weighted by Gasteiger charge is 2.58. The van der Waals surface area contributed by atoms with Gasteiger partial charge in [0.15, 0.2) is 0 Å². The summed E-state index contributed by atoms with van der Waals surface area (Å²) in [5.41, 5.74) is -0.396. The highest BCUT2D eigenvalue weighted by Crippen LogP contribution is 2.49. The summed E-state index contributed by atoms with van der Waals surface area (Å²) < 4.78 is 5.24. The maximum absolute atomic E-state index is 12.7. The van der Waals surface area contributed by atoms with Crippen molar-refractivity contribution in [1.82, 2.24) is 4.90 Å². The lowest BCUT2D eigenvalue weighted by atomic mass is 10.0. The Morgan fingerprint density at radius 2 is 1.91 bits per heavy atom. The number of halogens is 1. The van der Waals surface area contributed by atoms with E-state index in [9.17, 15) is 9.59 Å². The number of carbonyl (C=O) groups excluding carboxylic acids is 2. The molecule has 0 unspecified atom stereocenters. The summed E-state index contributed by atoms with van der Waals surface area (Å²) in [4.78, 5) is 27.3. The molecule has 3 rings (SSSR count). The van der Waals surface area contributed by atoms with E-state index in [4.69, 9.17) is 16.3 Å². The maximum atomic E-state index is 12.7. The molecule has 1 aromatic carbocycles. The number of benzene rings is 1. The summed E-state index contributed by atoms with van der Waals surface area (Å²) in [5, 5.41) is 3.34. The van der Waals surface area contributed by atoms with Gasteiger partial charge in [-0.1, -0.05) is 11.6 Å². The molecule has 2 fully saturated rings. The van der Waals surface area contributed by atoms with Crippen LogP contribution in [0.5, 0.6) is 5.75 Å². The van der Waals surface area contributed by atoms with E-state index in [0.29, 0.717) is 29.3 Å². The summed E-state index contributed by atoms with van der Waals surface area (Å²) >= 11 is 5.99. The lowest BCUT2D eigenvalue weighted by Crippen LogP contribution is -2.45. The van der Waals surface area contributed by atoms with Gasteiger partial charge in [0.05, 0.1) is 12.8 Å². The van der Waals surface area contributed by atoms with Crippen molar-refractivity contribution in [3.8, 4) is 5.75 Å². The minimum Gasteiger partial charge on any atom is -0.495 e. The second-order valence-electron chi connectivity index (χ2n) is 6.23. The molecule has 0 spiro atoms. The Morgan fingerprint density at radius 3 is 2.52 bits per heavy atom. The fourth-order valence-corrected chi connectivity index (χ4v) is 3.25. The fourth-order valence-electron chi connectivity index (χ4n) is 3.08. The van der Waals surface area contributed by atoms with Gasteiger partial charge in [0.1, 0.15) is 11.2 Å². The molecule has 6 heteroatoms. The number of piperidine rings is 1. The number of hydrogen-bond donors (Lipinski definition) is 1. The van der Waals surface area contributed by atoms with Crippen LogP contribution in [0, 0.1) is 5.41 Å². The first-order valence-corrected chi connectivity index (χ1v) is 8.39. The van der Waals surface area contributed by atoms with E-state index in [1.165, 1.54) is 7.11 Å². The van der Waals surface area contributed by atoms with Crippen molar-refractivity contribution in [3.05, 3.63) is 23.2 Å². The minimum absolute atomic E-state index is 0.0318. The number of nitrogens with zero attached hydrogens (tertiary/aromatic N) is 1. The summed E-state index contributed by atoms with van der Waals surface area (Å²) in [7, 11) is 1.53. The van der Waals surface area contributed by atoms with E-state index >= 15 is 0 Å². The topological polar surface area (TPSA) is 58.6 Å². The smallest absolute Gasteiger partial charge is 0.240 e. The van der Waals surface area contributed by atoms with Crippen LogP contribution in [-0.2, 0) is 9.59 Å². The monoisotopic (exact) mass is 336 g/mol. The lowest BCUT2D eigenvalue weighted by Gasteiger charge is -2.30. The van der Waals surface area contributed by atoms with Crippen molar-refractivity contribution in [2.75, 3.05) is 25.5 Å². The Morgan fingerprint density at radius 1 is 1.22 bits per heavy atom. The minimum atomic E-state index is -0.898. The number of carbonyl (C=O) groups is 2. The molecule has 1 aliphatic carbocycles. The molecule has 5 nitrogen and oxygen atoms in total. The number of amides is 2. The summed E-state index contributed by atoms with van der Waals surface area (Å²) in [6, 6.07) is 5.03.